The lowest BCUT2D eigenvalue weighted by Crippen LogP contribution is -2.54. The molecule has 0 amide bonds. The minimum atomic E-state index is -0.769. The van der Waals surface area contributed by atoms with E-state index in [2.05, 4.69) is 12.2 Å². The lowest BCUT2D eigenvalue weighted by Gasteiger charge is -2.36. The second kappa shape index (κ2) is 6.93. The average molecular weight is 245 g/mol. The predicted octanol–water partition coefficient (Wildman–Crippen LogP) is 0.618. The number of aliphatic hydroxyl groups is 1. The van der Waals surface area contributed by atoms with E-state index in [-0.39, 0.29) is 6.61 Å². The van der Waals surface area contributed by atoms with Crippen LogP contribution in [0.3, 0.4) is 0 Å². The van der Waals surface area contributed by atoms with Crippen molar-refractivity contribution in [2.75, 3.05) is 26.4 Å². The summed E-state index contributed by atoms with van der Waals surface area (Å²) in [6, 6.07) is 0. The zero-order chi connectivity index (χ0) is 12.7. The van der Waals surface area contributed by atoms with Gasteiger partial charge in [-0.05, 0) is 31.6 Å². The van der Waals surface area contributed by atoms with Gasteiger partial charge in [0.05, 0.1) is 19.8 Å². The SMILES string of the molecule is CC1CCC(NCCOCCO)(C(=O)O)CC1. The highest BCUT2D eigenvalue weighted by Gasteiger charge is 2.40. The first kappa shape index (κ1) is 14.4. The Morgan fingerprint density at radius 2 is 2.06 bits per heavy atom. The normalized spacial score (nSPS) is 29.2. The number of nitrogens with one attached hydrogen (secondary N) is 1. The Bertz CT molecular complexity index is 237. The molecule has 1 saturated carbocycles. The van der Waals surface area contributed by atoms with Crippen molar-refractivity contribution in [3.63, 3.8) is 0 Å². The summed E-state index contributed by atoms with van der Waals surface area (Å²) in [4.78, 5) is 11.4. The molecule has 1 rings (SSSR count). The van der Waals surface area contributed by atoms with Crippen molar-refractivity contribution in [1.82, 2.24) is 5.32 Å². The van der Waals surface area contributed by atoms with Crippen LogP contribution in [-0.2, 0) is 9.53 Å². The topological polar surface area (TPSA) is 78.8 Å². The van der Waals surface area contributed by atoms with Crippen molar-refractivity contribution in [3.05, 3.63) is 0 Å². The van der Waals surface area contributed by atoms with Crippen LogP contribution in [0.4, 0.5) is 0 Å². The molecule has 17 heavy (non-hydrogen) atoms. The van der Waals surface area contributed by atoms with E-state index in [4.69, 9.17) is 9.84 Å². The molecule has 0 aliphatic heterocycles. The van der Waals surface area contributed by atoms with E-state index in [0.29, 0.717) is 38.5 Å². The Labute approximate surface area is 102 Å². The molecular weight excluding hydrogens is 222 g/mol. The molecule has 0 spiro atoms. The van der Waals surface area contributed by atoms with Crippen LogP contribution in [-0.4, -0.2) is 48.1 Å². The van der Waals surface area contributed by atoms with Gasteiger partial charge in [0, 0.05) is 6.54 Å². The number of carboxylic acids is 1. The summed E-state index contributed by atoms with van der Waals surface area (Å²) >= 11 is 0. The third-order valence-electron chi connectivity index (χ3n) is 3.48. The first-order chi connectivity index (χ1) is 8.10. The molecule has 0 aromatic rings. The van der Waals surface area contributed by atoms with Crippen molar-refractivity contribution in [2.24, 2.45) is 5.92 Å². The van der Waals surface area contributed by atoms with Crippen LogP contribution in [0.25, 0.3) is 0 Å². The maximum Gasteiger partial charge on any atom is 0.323 e. The predicted molar refractivity (Wildman–Crippen MR) is 63.9 cm³/mol. The first-order valence-corrected chi connectivity index (χ1v) is 6.28. The minimum absolute atomic E-state index is 0.00158. The summed E-state index contributed by atoms with van der Waals surface area (Å²) in [6.45, 7) is 3.42. The number of hydrogen-bond acceptors (Lipinski definition) is 4. The van der Waals surface area contributed by atoms with E-state index < -0.39 is 11.5 Å². The quantitative estimate of drug-likeness (QED) is 0.573. The number of carbonyl (C=O) groups is 1. The monoisotopic (exact) mass is 245 g/mol. The second-order valence-electron chi connectivity index (χ2n) is 4.83. The van der Waals surface area contributed by atoms with Gasteiger partial charge < -0.3 is 14.9 Å². The zero-order valence-electron chi connectivity index (χ0n) is 10.4. The fraction of sp³-hybridized carbons (Fsp3) is 0.917. The van der Waals surface area contributed by atoms with Gasteiger partial charge >= 0.3 is 5.97 Å². The molecule has 0 heterocycles. The van der Waals surface area contributed by atoms with Gasteiger partial charge in [-0.25, -0.2) is 0 Å². The molecule has 1 aliphatic carbocycles. The van der Waals surface area contributed by atoms with Gasteiger partial charge in [0.2, 0.25) is 0 Å². The van der Waals surface area contributed by atoms with E-state index in [0.717, 1.165) is 12.8 Å². The number of ether oxygens (including phenoxy) is 1. The number of rotatable bonds is 7. The van der Waals surface area contributed by atoms with Gasteiger partial charge in [0.25, 0.3) is 0 Å². The maximum atomic E-state index is 11.4. The molecule has 100 valence electrons. The fourth-order valence-electron chi connectivity index (χ4n) is 2.25. The van der Waals surface area contributed by atoms with E-state index >= 15 is 0 Å². The largest absolute Gasteiger partial charge is 0.480 e. The Balaban J connectivity index is 2.35. The Hall–Kier alpha value is -0.650. The van der Waals surface area contributed by atoms with Crippen molar-refractivity contribution < 1.29 is 19.7 Å². The molecule has 0 atom stereocenters. The molecule has 0 radical (unpaired) electrons. The highest BCUT2D eigenvalue weighted by molar-refractivity contribution is 5.78. The molecule has 0 unspecified atom stereocenters. The van der Waals surface area contributed by atoms with Crippen LogP contribution in [0.2, 0.25) is 0 Å². The number of aliphatic carboxylic acids is 1. The molecule has 0 aromatic carbocycles. The Morgan fingerprint density at radius 3 is 2.59 bits per heavy atom. The van der Waals surface area contributed by atoms with Crippen LogP contribution in [0.15, 0.2) is 0 Å². The lowest BCUT2D eigenvalue weighted by atomic mass is 9.77. The summed E-state index contributed by atoms with van der Waals surface area (Å²) in [5, 5.41) is 21.0. The van der Waals surface area contributed by atoms with Crippen molar-refractivity contribution >= 4 is 5.97 Å². The molecular formula is C12H23NO4. The van der Waals surface area contributed by atoms with Gasteiger partial charge in [-0.1, -0.05) is 6.92 Å². The summed E-state index contributed by atoms with van der Waals surface area (Å²) < 4.78 is 5.11. The van der Waals surface area contributed by atoms with Crippen LogP contribution >= 0.6 is 0 Å². The van der Waals surface area contributed by atoms with Crippen molar-refractivity contribution in [1.29, 1.82) is 0 Å². The summed E-state index contributed by atoms with van der Waals surface area (Å²) in [7, 11) is 0. The standard InChI is InChI=1S/C12H23NO4/c1-10-2-4-12(5-3-10,11(15)16)13-6-8-17-9-7-14/h10,13-14H,2-9H2,1H3,(H,15,16). The van der Waals surface area contributed by atoms with Crippen molar-refractivity contribution in [3.8, 4) is 0 Å². The second-order valence-corrected chi connectivity index (χ2v) is 4.83. The zero-order valence-corrected chi connectivity index (χ0v) is 10.4. The van der Waals surface area contributed by atoms with Gasteiger partial charge in [-0.2, -0.15) is 0 Å². The average Bonchev–Trinajstić information content (AvgIpc) is 2.31. The third kappa shape index (κ3) is 4.26. The van der Waals surface area contributed by atoms with Gasteiger partial charge in [0.15, 0.2) is 0 Å². The van der Waals surface area contributed by atoms with Crippen LogP contribution in [0.1, 0.15) is 32.6 Å². The number of hydrogen-bond donors (Lipinski definition) is 3. The van der Waals surface area contributed by atoms with Crippen LogP contribution in [0.5, 0.6) is 0 Å². The van der Waals surface area contributed by atoms with E-state index in [9.17, 15) is 9.90 Å². The highest BCUT2D eigenvalue weighted by Crippen LogP contribution is 2.31. The van der Waals surface area contributed by atoms with Crippen molar-refractivity contribution in [2.45, 2.75) is 38.1 Å². The molecule has 0 aromatic heterocycles. The summed E-state index contributed by atoms with van der Waals surface area (Å²) in [6.07, 6.45) is 3.28. The lowest BCUT2D eigenvalue weighted by molar-refractivity contribution is -0.147. The molecule has 1 fully saturated rings. The van der Waals surface area contributed by atoms with Gasteiger partial charge in [-0.15, -0.1) is 0 Å². The summed E-state index contributed by atoms with van der Waals surface area (Å²) in [5.74, 6) is -0.138. The molecule has 1 aliphatic rings. The molecule has 0 bridgehead atoms. The van der Waals surface area contributed by atoms with Gasteiger partial charge in [0.1, 0.15) is 5.54 Å². The van der Waals surface area contributed by atoms with E-state index in [1.807, 2.05) is 0 Å². The third-order valence-corrected chi connectivity index (χ3v) is 3.48. The molecule has 5 nitrogen and oxygen atoms in total. The fourth-order valence-corrected chi connectivity index (χ4v) is 2.25. The molecule has 3 N–H and O–H groups in total. The number of aliphatic hydroxyl groups excluding tert-OH is 1. The maximum absolute atomic E-state index is 11.4. The van der Waals surface area contributed by atoms with Crippen LogP contribution < -0.4 is 5.32 Å². The van der Waals surface area contributed by atoms with Gasteiger partial charge in [-0.3, -0.25) is 10.1 Å². The van der Waals surface area contributed by atoms with E-state index in [1.165, 1.54) is 0 Å². The minimum Gasteiger partial charge on any atom is -0.480 e. The van der Waals surface area contributed by atoms with E-state index in [1.54, 1.807) is 0 Å². The molecule has 0 saturated heterocycles. The smallest absolute Gasteiger partial charge is 0.323 e. The first-order valence-electron chi connectivity index (χ1n) is 6.28. The molecule has 5 heteroatoms. The summed E-state index contributed by atoms with van der Waals surface area (Å²) in [5.41, 5.74) is -0.769. The Morgan fingerprint density at radius 1 is 1.41 bits per heavy atom. The van der Waals surface area contributed by atoms with Crippen LogP contribution in [0, 0.1) is 5.92 Å². The number of carboxylic acid groups (broad SMARTS) is 1. The Kier molecular flexibility index (Phi) is 5.88. The highest BCUT2D eigenvalue weighted by atomic mass is 16.5.